The van der Waals surface area contributed by atoms with Crippen molar-refractivity contribution >= 4 is 33.5 Å². The molecule has 3 aliphatic rings. The van der Waals surface area contributed by atoms with Gasteiger partial charge in [-0.15, -0.1) is 0 Å². The molecule has 0 aromatic carbocycles. The Labute approximate surface area is 157 Å². The molecule has 150 valence electrons. The third-order valence-electron chi connectivity index (χ3n) is 5.55. The van der Waals surface area contributed by atoms with Crippen molar-refractivity contribution in [2.24, 2.45) is 11.8 Å². The highest BCUT2D eigenvalue weighted by atomic mass is 32.2. The molecule has 1 aliphatic carbocycles. The number of likely N-dealkylation sites (tertiary alicyclic amines) is 1. The van der Waals surface area contributed by atoms with E-state index in [1.165, 1.54) is 6.92 Å². The van der Waals surface area contributed by atoms with E-state index in [0.717, 1.165) is 17.7 Å². The van der Waals surface area contributed by atoms with E-state index in [-0.39, 0.29) is 35.2 Å². The largest absolute Gasteiger partial charge is 0.454 e. The third-order valence-corrected chi connectivity index (χ3v) is 7.31. The highest BCUT2D eigenvalue weighted by Gasteiger charge is 2.51. The number of amides is 3. The summed E-state index contributed by atoms with van der Waals surface area (Å²) >= 11 is 0. The van der Waals surface area contributed by atoms with Crippen molar-refractivity contribution in [3.8, 4) is 0 Å². The smallest absolute Gasteiger partial charge is 0.329 e. The van der Waals surface area contributed by atoms with Crippen LogP contribution >= 0.6 is 0 Å². The van der Waals surface area contributed by atoms with Crippen molar-refractivity contribution in [1.29, 1.82) is 0 Å². The Balaban J connectivity index is 1.51. The van der Waals surface area contributed by atoms with Crippen LogP contribution in [0, 0.1) is 11.8 Å². The van der Waals surface area contributed by atoms with Crippen LogP contribution in [0.2, 0.25) is 0 Å². The minimum absolute atomic E-state index is 0.0241. The molecule has 2 aliphatic heterocycles. The zero-order valence-electron chi connectivity index (χ0n) is 15.2. The molecule has 1 N–H and O–H groups in total. The zero-order valence-corrected chi connectivity index (χ0v) is 16.0. The van der Waals surface area contributed by atoms with Crippen molar-refractivity contribution in [3.63, 3.8) is 0 Å². The van der Waals surface area contributed by atoms with Crippen LogP contribution in [0.25, 0.3) is 0 Å². The molecule has 3 fully saturated rings. The summed E-state index contributed by atoms with van der Waals surface area (Å²) in [6, 6.07) is -1.57. The van der Waals surface area contributed by atoms with Crippen LogP contribution in [0.15, 0.2) is 0 Å². The molecule has 0 spiro atoms. The summed E-state index contributed by atoms with van der Waals surface area (Å²) in [5.41, 5.74) is 0. The molecule has 3 amide bonds. The predicted molar refractivity (Wildman–Crippen MR) is 92.9 cm³/mol. The molecule has 4 atom stereocenters. The molecular weight excluding hydrogens is 376 g/mol. The Morgan fingerprint density at radius 2 is 1.74 bits per heavy atom. The quantitative estimate of drug-likeness (QED) is 0.482. The third kappa shape index (κ3) is 4.15. The van der Waals surface area contributed by atoms with Gasteiger partial charge in [0.1, 0.15) is 6.04 Å². The number of ether oxygens (including phenoxy) is 1. The summed E-state index contributed by atoms with van der Waals surface area (Å²) in [4.78, 5) is 50.0. The maximum atomic E-state index is 12.5. The number of imide groups is 1. The molecule has 9 nitrogen and oxygen atoms in total. The van der Waals surface area contributed by atoms with E-state index >= 15 is 0 Å². The highest BCUT2D eigenvalue weighted by molar-refractivity contribution is 7.91. The van der Waals surface area contributed by atoms with Gasteiger partial charge in [0.15, 0.2) is 16.4 Å². The molecule has 0 unspecified atom stereocenters. The van der Waals surface area contributed by atoms with Crippen molar-refractivity contribution < 1.29 is 32.3 Å². The second kappa shape index (κ2) is 7.57. The average molecular weight is 400 g/mol. The Morgan fingerprint density at radius 3 is 2.26 bits per heavy atom. The first kappa shape index (κ1) is 19.8. The summed E-state index contributed by atoms with van der Waals surface area (Å²) in [7, 11) is -3.12. The van der Waals surface area contributed by atoms with E-state index in [4.69, 9.17) is 4.74 Å². The van der Waals surface area contributed by atoms with Gasteiger partial charge in [-0.05, 0) is 26.2 Å². The van der Waals surface area contributed by atoms with Crippen LogP contribution in [0.3, 0.4) is 0 Å². The molecule has 0 aromatic heterocycles. The van der Waals surface area contributed by atoms with Gasteiger partial charge in [0, 0.05) is 6.04 Å². The summed E-state index contributed by atoms with van der Waals surface area (Å²) in [5, 5.41) is 2.51. The average Bonchev–Trinajstić information content (AvgIpc) is 3.09. The number of fused-ring (bicyclic) bond motifs is 1. The van der Waals surface area contributed by atoms with Gasteiger partial charge in [-0.25, -0.2) is 13.2 Å². The van der Waals surface area contributed by atoms with Crippen molar-refractivity contribution in [2.45, 2.75) is 51.1 Å². The molecular formula is C17H24N2O7S. The van der Waals surface area contributed by atoms with Gasteiger partial charge in [-0.3, -0.25) is 19.3 Å². The Kier molecular flexibility index (Phi) is 5.55. The second-order valence-electron chi connectivity index (χ2n) is 7.50. The summed E-state index contributed by atoms with van der Waals surface area (Å²) in [6.07, 6.45) is 3.42. The number of carbonyl (C=O) groups excluding carboxylic acids is 4. The maximum absolute atomic E-state index is 12.5. The molecule has 27 heavy (non-hydrogen) atoms. The Morgan fingerprint density at radius 1 is 1.15 bits per heavy atom. The highest BCUT2D eigenvalue weighted by Crippen LogP contribution is 2.38. The lowest BCUT2D eigenvalue weighted by Gasteiger charge is -2.21. The first-order valence-corrected chi connectivity index (χ1v) is 11.0. The first-order chi connectivity index (χ1) is 12.7. The summed E-state index contributed by atoms with van der Waals surface area (Å²) in [5.74, 6) is -2.92. The molecule has 2 saturated heterocycles. The monoisotopic (exact) mass is 400 g/mol. The van der Waals surface area contributed by atoms with E-state index in [1.54, 1.807) is 0 Å². The van der Waals surface area contributed by atoms with Crippen LogP contribution < -0.4 is 5.32 Å². The predicted octanol–water partition coefficient (Wildman–Crippen LogP) is -0.603. The fourth-order valence-electron chi connectivity index (χ4n) is 4.11. The Hall–Kier alpha value is -1.97. The van der Waals surface area contributed by atoms with Gasteiger partial charge >= 0.3 is 5.97 Å². The molecule has 3 rings (SSSR count). The van der Waals surface area contributed by atoms with Crippen LogP contribution in [-0.4, -0.2) is 67.2 Å². The summed E-state index contributed by atoms with van der Waals surface area (Å²) < 4.78 is 27.7. The van der Waals surface area contributed by atoms with Gasteiger partial charge in [-0.2, -0.15) is 0 Å². The maximum Gasteiger partial charge on any atom is 0.329 e. The molecule has 1 saturated carbocycles. The second-order valence-corrected chi connectivity index (χ2v) is 9.72. The number of sulfone groups is 1. The topological polar surface area (TPSA) is 127 Å². The fourth-order valence-corrected chi connectivity index (χ4v) is 5.78. The van der Waals surface area contributed by atoms with Gasteiger partial charge < -0.3 is 10.1 Å². The van der Waals surface area contributed by atoms with Crippen LogP contribution in [0.5, 0.6) is 0 Å². The van der Waals surface area contributed by atoms with Crippen molar-refractivity contribution in [1.82, 2.24) is 10.2 Å². The lowest BCUT2D eigenvalue weighted by Crippen LogP contribution is -2.45. The van der Waals surface area contributed by atoms with Gasteiger partial charge in [0.2, 0.25) is 11.8 Å². The molecule has 0 aromatic rings. The molecule has 0 radical (unpaired) electrons. The number of esters is 1. The number of hydrogen-bond acceptors (Lipinski definition) is 7. The normalized spacial score (nSPS) is 30.7. The number of carbonyl (C=O) groups is 4. The van der Waals surface area contributed by atoms with E-state index < -0.39 is 40.4 Å². The lowest BCUT2D eigenvalue weighted by atomic mass is 9.81. The fraction of sp³-hybridized carbons (Fsp3) is 0.765. The van der Waals surface area contributed by atoms with E-state index in [0.29, 0.717) is 19.3 Å². The number of rotatable bonds is 5. The minimum Gasteiger partial charge on any atom is -0.454 e. The lowest BCUT2D eigenvalue weighted by molar-refractivity contribution is -0.159. The summed E-state index contributed by atoms with van der Waals surface area (Å²) in [6.45, 7) is 0.833. The van der Waals surface area contributed by atoms with E-state index in [9.17, 15) is 27.6 Å². The minimum atomic E-state index is -3.12. The van der Waals surface area contributed by atoms with Crippen LogP contribution in [0.4, 0.5) is 0 Å². The van der Waals surface area contributed by atoms with Crippen molar-refractivity contribution in [2.75, 3.05) is 18.1 Å². The SMILES string of the molecule is C[C@@H](C(=O)OCC(=O)N[C@H]1CCS(=O)(=O)C1)N1C(=O)[C@H]2CCCC[C@@H]2C1=O. The Bertz CT molecular complexity index is 739. The first-order valence-electron chi connectivity index (χ1n) is 9.23. The van der Waals surface area contributed by atoms with E-state index in [1.807, 2.05) is 0 Å². The van der Waals surface area contributed by atoms with Gasteiger partial charge in [0.25, 0.3) is 5.91 Å². The number of nitrogens with one attached hydrogen (secondary N) is 1. The van der Waals surface area contributed by atoms with Gasteiger partial charge in [0.05, 0.1) is 23.3 Å². The molecule has 2 heterocycles. The van der Waals surface area contributed by atoms with Gasteiger partial charge in [-0.1, -0.05) is 12.8 Å². The molecule has 0 bridgehead atoms. The number of hydrogen-bond donors (Lipinski definition) is 1. The van der Waals surface area contributed by atoms with Crippen LogP contribution in [0.1, 0.15) is 39.0 Å². The molecule has 10 heteroatoms. The standard InChI is InChI=1S/C17H24N2O7S/c1-10(19-15(21)12-4-2-3-5-13(12)16(19)22)17(23)26-8-14(20)18-11-6-7-27(24,25)9-11/h10-13H,2-9H2,1H3,(H,18,20)/t10-,11-,12-,13-/m0/s1. The van der Waals surface area contributed by atoms with E-state index in [2.05, 4.69) is 5.32 Å². The van der Waals surface area contributed by atoms with Crippen LogP contribution in [-0.2, 0) is 33.8 Å². The zero-order chi connectivity index (χ0) is 19.8. The number of nitrogens with zero attached hydrogens (tertiary/aromatic N) is 1. The van der Waals surface area contributed by atoms with Crippen molar-refractivity contribution in [3.05, 3.63) is 0 Å².